The zero-order valence-corrected chi connectivity index (χ0v) is 68.5. The fraction of sp³-hybridized carbons (Fsp3) is 0.0202. The van der Waals surface area contributed by atoms with Gasteiger partial charge in [0.05, 0.1) is 22.1 Å². The molecular formula is C99H63F10Ir2N8O2-2. The number of carbonyl (C=O) groups is 1. The van der Waals surface area contributed by atoms with Crippen molar-refractivity contribution in [2.45, 2.75) is 13.8 Å². The molecule has 0 saturated carbocycles. The molecule has 0 aliphatic carbocycles. The summed E-state index contributed by atoms with van der Waals surface area (Å²) in [6.45, 7) is 4.46. The molecule has 601 valence electrons. The molecule has 0 aliphatic heterocycles. The van der Waals surface area contributed by atoms with Gasteiger partial charge >= 0.3 is 26.1 Å². The van der Waals surface area contributed by atoms with E-state index in [0.29, 0.717) is 28.5 Å². The van der Waals surface area contributed by atoms with Crippen molar-refractivity contribution in [3.05, 3.63) is 446 Å². The maximum Gasteiger partial charge on any atom is 3.00 e. The predicted molar refractivity (Wildman–Crippen MR) is 443 cm³/mol. The zero-order chi connectivity index (χ0) is 83.3. The third kappa shape index (κ3) is 21.9. The van der Waals surface area contributed by atoms with E-state index in [1.54, 1.807) is 134 Å². The summed E-state index contributed by atoms with van der Waals surface area (Å²) in [7, 11) is 0. The number of aromatic nitrogens is 8. The Bertz CT molecular complexity index is 5930. The summed E-state index contributed by atoms with van der Waals surface area (Å²) in [6, 6.07) is 101. The second-order valence-corrected chi connectivity index (χ2v) is 26.0. The van der Waals surface area contributed by atoms with E-state index in [1.807, 2.05) is 0 Å². The third-order valence-corrected chi connectivity index (χ3v) is 18.2. The van der Waals surface area contributed by atoms with Crippen LogP contribution in [0.15, 0.2) is 340 Å². The van der Waals surface area contributed by atoms with Gasteiger partial charge in [0.25, 0.3) is 0 Å². The summed E-state index contributed by atoms with van der Waals surface area (Å²) >= 11 is 0. The molecule has 0 atom stereocenters. The van der Waals surface area contributed by atoms with Gasteiger partial charge in [-0.3, -0.25) is 43.9 Å². The first kappa shape index (κ1) is 87.8. The number of rotatable bonds is 9. The summed E-state index contributed by atoms with van der Waals surface area (Å²) < 4.78 is 134. The van der Waals surface area contributed by atoms with Crippen LogP contribution in [0.3, 0.4) is 0 Å². The molecule has 19 rings (SSSR count). The number of carboxylic acid groups (broad SMARTS) is 1. The number of fused-ring (bicyclic) bond motifs is 6. The van der Waals surface area contributed by atoms with Crippen LogP contribution in [0.5, 0.6) is 0 Å². The van der Waals surface area contributed by atoms with Crippen LogP contribution in [0.4, 0.5) is 43.9 Å². The maximum atomic E-state index is 13.2. The molecule has 11 aromatic carbocycles. The number of pyridine rings is 6. The van der Waals surface area contributed by atoms with E-state index in [2.05, 4.69) is 217 Å². The van der Waals surface area contributed by atoms with Crippen LogP contribution in [-0.2, 0) is 40.2 Å². The number of para-hydroxylation sites is 4. The van der Waals surface area contributed by atoms with Crippen LogP contribution in [-0.4, -0.2) is 50.1 Å². The minimum atomic E-state index is -0.990. The van der Waals surface area contributed by atoms with Gasteiger partial charge in [-0.15, -0.1) is 60.7 Å². The monoisotopic (exact) mass is 1970 g/mol. The van der Waals surface area contributed by atoms with E-state index in [1.165, 1.54) is 89.5 Å². The first-order chi connectivity index (χ1) is 57.8. The van der Waals surface area contributed by atoms with Crippen molar-refractivity contribution in [3.63, 3.8) is 0 Å². The molecule has 22 heteroatoms. The molecule has 0 unspecified atom stereocenters. The molecule has 1 radical (unpaired) electrons. The van der Waals surface area contributed by atoms with Crippen LogP contribution in [0.25, 0.3) is 122 Å². The van der Waals surface area contributed by atoms with Crippen molar-refractivity contribution in [1.82, 2.24) is 39.0 Å². The predicted octanol–water partition coefficient (Wildman–Crippen LogP) is 25.1. The van der Waals surface area contributed by atoms with E-state index in [9.17, 15) is 48.7 Å². The summed E-state index contributed by atoms with van der Waals surface area (Å²) in [6.07, 6.45) is 9.19. The minimum Gasteiger partial charge on any atom is -0.477 e. The molecule has 8 aromatic heterocycles. The number of aromatic carboxylic acids is 1. The number of aryl methyl sites for hydroxylation is 2. The Morgan fingerprint density at radius 1 is 0.289 bits per heavy atom. The Kier molecular flexibility index (Phi) is 30.4. The molecule has 0 fully saturated rings. The number of carboxylic acids is 1. The fourth-order valence-electron chi connectivity index (χ4n) is 12.8. The Balaban J connectivity index is 0.000000149. The van der Waals surface area contributed by atoms with Crippen molar-refractivity contribution in [2.75, 3.05) is 0 Å². The molecule has 0 saturated heterocycles. The van der Waals surface area contributed by atoms with Gasteiger partial charge in [-0.1, -0.05) is 210 Å². The largest absolute Gasteiger partial charge is 3.00 e. The molecule has 0 aliphatic rings. The molecule has 121 heavy (non-hydrogen) atoms. The fourth-order valence-corrected chi connectivity index (χ4v) is 12.8. The quantitative estimate of drug-likeness (QED) is 0.112. The van der Waals surface area contributed by atoms with Crippen molar-refractivity contribution in [2.24, 2.45) is 0 Å². The molecule has 0 amide bonds. The Morgan fingerprint density at radius 3 is 0.702 bits per heavy atom. The number of hydrogen-bond acceptors (Lipinski definition) is 7. The Morgan fingerprint density at radius 2 is 0.512 bits per heavy atom. The summed E-state index contributed by atoms with van der Waals surface area (Å²) in [5.74, 6) is -7.42. The molecular weight excluding hydrogens is 1910 g/mol. The Hall–Kier alpha value is -14.0. The van der Waals surface area contributed by atoms with Crippen molar-refractivity contribution < 1.29 is 94.0 Å². The van der Waals surface area contributed by atoms with E-state index >= 15 is 0 Å². The SMILES string of the molecule is Cc1cc(-n2c3ccccc3c3ccccc32)ccc1-c1ccc(-n2c3ccccc3c3ccccc32)cc1C.Fc1c[c-]c(-c2ccccn2)c(F)c1.Fc1c[c-]c(-c2ccccn2)c(F)c1.Fc1c[c-]c(-c2ccccn2)c(F)c1.Fc1c[c-]c(-c2ccccn2)c(F)c1.Fc1c[c-]c(-c2ccccn2)c(F)c1.O=C(O)c1ccccn1.[Ir+3].[Ir]. The zero-order valence-electron chi connectivity index (χ0n) is 63.7. The van der Waals surface area contributed by atoms with Gasteiger partial charge in [0.15, 0.2) is 0 Å². The standard InChI is InChI=1S/C38H28N2.5C11H6F2N.C6H5NO2.2Ir/c1-25-23-27(39-35-15-7-3-11-31(35)32-12-4-8-16-36(32)39)19-21-29(25)30-22-20-28(24-26(30)2)40-37-17-9-5-13-33(37)34-14-6-10-18-38(34)40;5*12-8-4-5-9(10(13)7-8)11-3-1-2-6-14-11;8-6(9)5-3-1-2-4-7-5;;/h3-24H,1-2H3;5*1-4,6-7H;1-4H,(H,8,9);;/q;5*-1;;;+3. The average molecular weight is 1970 g/mol. The first-order valence-electron chi connectivity index (χ1n) is 36.6. The van der Waals surface area contributed by atoms with Gasteiger partial charge in [-0.05, 0) is 156 Å². The Labute approximate surface area is 716 Å². The van der Waals surface area contributed by atoms with E-state index < -0.39 is 64.1 Å². The maximum absolute atomic E-state index is 13.2. The van der Waals surface area contributed by atoms with Gasteiger partial charge < -0.3 is 39.2 Å². The van der Waals surface area contributed by atoms with E-state index in [4.69, 9.17) is 5.11 Å². The van der Waals surface area contributed by atoms with Gasteiger partial charge in [0.1, 0.15) is 5.69 Å². The van der Waals surface area contributed by atoms with Crippen molar-refractivity contribution in [1.29, 1.82) is 0 Å². The van der Waals surface area contributed by atoms with E-state index in [0.717, 1.165) is 60.7 Å². The van der Waals surface area contributed by atoms with Gasteiger partial charge in [-0.2, -0.15) is 0 Å². The average Bonchev–Trinajstić information content (AvgIpc) is 1.60. The molecule has 0 bridgehead atoms. The first-order valence-corrected chi connectivity index (χ1v) is 36.6. The summed E-state index contributed by atoms with van der Waals surface area (Å²) in [5, 5.41) is 13.5. The minimum absolute atomic E-state index is 0. The van der Waals surface area contributed by atoms with Crippen LogP contribution < -0.4 is 0 Å². The summed E-state index contributed by atoms with van der Waals surface area (Å²) in [4.78, 5) is 33.4. The molecule has 1 N–H and O–H groups in total. The summed E-state index contributed by atoms with van der Waals surface area (Å²) in [5.41, 5.74) is 15.7. The molecule has 8 heterocycles. The van der Waals surface area contributed by atoms with Crippen LogP contribution in [0, 0.1) is 102 Å². The number of halogens is 10. The smallest absolute Gasteiger partial charge is 0.477 e. The second kappa shape index (κ2) is 41.9. The second-order valence-electron chi connectivity index (χ2n) is 26.0. The van der Waals surface area contributed by atoms with Crippen molar-refractivity contribution >= 4 is 49.6 Å². The van der Waals surface area contributed by atoms with Gasteiger partial charge in [-0.25, -0.2) is 9.78 Å². The van der Waals surface area contributed by atoms with Crippen LogP contribution in [0.2, 0.25) is 0 Å². The van der Waals surface area contributed by atoms with E-state index in [-0.39, 0.29) is 73.7 Å². The van der Waals surface area contributed by atoms with Gasteiger partial charge in [0, 0.05) is 148 Å². The normalized spacial score (nSPS) is 10.4. The van der Waals surface area contributed by atoms with Gasteiger partial charge in [0.2, 0.25) is 0 Å². The van der Waals surface area contributed by atoms with Crippen LogP contribution >= 0.6 is 0 Å². The molecule has 19 aromatic rings. The number of nitrogens with zero attached hydrogens (tertiary/aromatic N) is 8. The number of hydrogen-bond donors (Lipinski definition) is 1. The van der Waals surface area contributed by atoms with Crippen LogP contribution in [0.1, 0.15) is 21.6 Å². The van der Waals surface area contributed by atoms with Crippen molar-refractivity contribution in [3.8, 4) is 78.8 Å². The topological polar surface area (TPSA) is 124 Å². The molecule has 0 spiro atoms. The number of benzene rings is 11. The third-order valence-electron chi connectivity index (χ3n) is 18.2. The molecule has 10 nitrogen and oxygen atoms in total.